The summed E-state index contributed by atoms with van der Waals surface area (Å²) >= 11 is 0. The second-order valence-electron chi connectivity index (χ2n) is 5.43. The molecule has 136 valence electrons. The van der Waals surface area contributed by atoms with Gasteiger partial charge >= 0.3 is 12.1 Å². The molecule has 1 unspecified atom stereocenters. The molecule has 0 amide bonds. The monoisotopic (exact) mass is 366 g/mol. The average Bonchev–Trinajstić information content (AvgIpc) is 2.50. The lowest BCUT2D eigenvalue weighted by Gasteiger charge is -2.13. The molecule has 0 saturated carbocycles. The van der Waals surface area contributed by atoms with Crippen LogP contribution in [0, 0.1) is 4.78 Å². The summed E-state index contributed by atoms with van der Waals surface area (Å²) in [5.74, 6) is -1.28. The van der Waals surface area contributed by atoms with Crippen LogP contribution in [0.25, 0.3) is 0 Å². The summed E-state index contributed by atoms with van der Waals surface area (Å²) in [4.78, 5) is 11.7. The number of hydrogen-bond acceptors (Lipinski definition) is 5. The number of halogens is 3. The standard InChI is InChI=1S/C15H21F3N2O3S/c16-15(17,18)8-4-9-24(20,22)10-7-13(19)14(21)23-11-12-5-2-1-3-6-12/h1-3,5-6,13,20H,4,7-11,19H2/t13-,24?/m0/s1. The van der Waals surface area contributed by atoms with Gasteiger partial charge in [-0.2, -0.15) is 13.2 Å². The third kappa shape index (κ3) is 8.88. The van der Waals surface area contributed by atoms with Crippen LogP contribution in [0.5, 0.6) is 0 Å². The highest BCUT2D eigenvalue weighted by atomic mass is 32.2. The zero-order valence-corrected chi connectivity index (χ0v) is 13.9. The van der Waals surface area contributed by atoms with Crippen molar-refractivity contribution in [3.63, 3.8) is 0 Å². The number of carbonyl (C=O) groups is 1. The molecule has 0 heterocycles. The summed E-state index contributed by atoms with van der Waals surface area (Å²) in [5, 5.41) is 0. The second-order valence-corrected chi connectivity index (χ2v) is 7.87. The molecule has 5 nitrogen and oxygen atoms in total. The fourth-order valence-electron chi connectivity index (χ4n) is 1.88. The Kier molecular flexibility index (Phi) is 7.68. The van der Waals surface area contributed by atoms with E-state index in [-0.39, 0.29) is 31.0 Å². The van der Waals surface area contributed by atoms with Crippen molar-refractivity contribution in [3.8, 4) is 0 Å². The van der Waals surface area contributed by atoms with Crippen molar-refractivity contribution in [3.05, 3.63) is 35.9 Å². The quantitative estimate of drug-likeness (QED) is 0.657. The molecule has 0 aliphatic carbocycles. The Bertz CT molecular complexity index is 619. The van der Waals surface area contributed by atoms with E-state index in [2.05, 4.69) is 0 Å². The summed E-state index contributed by atoms with van der Waals surface area (Å²) in [6.07, 6.45) is -5.84. The van der Waals surface area contributed by atoms with Gasteiger partial charge in [-0.3, -0.25) is 9.57 Å². The molecule has 0 spiro atoms. The zero-order chi connectivity index (χ0) is 18.2. The molecule has 0 saturated heterocycles. The third-order valence-corrected chi connectivity index (χ3v) is 5.06. The fourth-order valence-corrected chi connectivity index (χ4v) is 3.33. The first-order chi connectivity index (χ1) is 11.1. The molecule has 0 bridgehead atoms. The average molecular weight is 366 g/mol. The lowest BCUT2D eigenvalue weighted by atomic mass is 10.2. The summed E-state index contributed by atoms with van der Waals surface area (Å²) in [5.41, 5.74) is 6.41. The van der Waals surface area contributed by atoms with Gasteiger partial charge in [0.05, 0.1) is 0 Å². The summed E-state index contributed by atoms with van der Waals surface area (Å²) in [6.45, 7) is 0.0508. The van der Waals surface area contributed by atoms with Crippen LogP contribution in [0.1, 0.15) is 24.8 Å². The lowest BCUT2D eigenvalue weighted by molar-refractivity contribution is -0.146. The minimum absolute atomic E-state index is 0.0508. The number of rotatable bonds is 9. The molecule has 1 aromatic rings. The van der Waals surface area contributed by atoms with Crippen molar-refractivity contribution >= 4 is 15.7 Å². The Hall–Kier alpha value is -1.61. The van der Waals surface area contributed by atoms with Gasteiger partial charge in [0, 0.05) is 27.7 Å². The van der Waals surface area contributed by atoms with Crippen LogP contribution >= 0.6 is 0 Å². The molecule has 0 aliphatic rings. The zero-order valence-electron chi connectivity index (χ0n) is 13.1. The van der Waals surface area contributed by atoms with Crippen molar-refractivity contribution in [1.82, 2.24) is 0 Å². The van der Waals surface area contributed by atoms with Crippen LogP contribution in [-0.2, 0) is 25.9 Å². The number of hydrogen-bond donors (Lipinski definition) is 2. The Balaban J connectivity index is 2.33. The minimum Gasteiger partial charge on any atom is -0.460 e. The largest absolute Gasteiger partial charge is 0.460 e. The molecule has 0 aromatic heterocycles. The van der Waals surface area contributed by atoms with Crippen molar-refractivity contribution in [2.75, 3.05) is 11.5 Å². The molecular formula is C15H21F3N2O3S. The highest BCUT2D eigenvalue weighted by molar-refractivity contribution is 7.92. The molecule has 9 heteroatoms. The number of alkyl halides is 3. The molecule has 1 rings (SSSR count). The maximum Gasteiger partial charge on any atom is 0.389 e. The van der Waals surface area contributed by atoms with E-state index in [1.807, 2.05) is 6.07 Å². The number of benzene rings is 1. The van der Waals surface area contributed by atoms with E-state index in [0.29, 0.717) is 0 Å². The fraction of sp³-hybridized carbons (Fsp3) is 0.533. The van der Waals surface area contributed by atoms with Gasteiger partial charge in [-0.1, -0.05) is 30.3 Å². The number of esters is 1. The van der Waals surface area contributed by atoms with Gasteiger partial charge in [0.2, 0.25) is 0 Å². The lowest BCUT2D eigenvalue weighted by Crippen LogP contribution is -2.34. The van der Waals surface area contributed by atoms with Crippen LogP contribution in [0.3, 0.4) is 0 Å². The summed E-state index contributed by atoms with van der Waals surface area (Å²) in [6, 6.07) is 7.90. The normalized spacial score (nSPS) is 15.5. The van der Waals surface area contributed by atoms with Gasteiger partial charge in [0.15, 0.2) is 0 Å². The van der Waals surface area contributed by atoms with Gasteiger partial charge in [-0.15, -0.1) is 0 Å². The first-order valence-electron chi connectivity index (χ1n) is 7.36. The van der Waals surface area contributed by atoms with Crippen LogP contribution < -0.4 is 5.73 Å². The first kappa shape index (κ1) is 20.4. The van der Waals surface area contributed by atoms with Gasteiger partial charge in [-0.25, -0.2) is 4.21 Å². The first-order valence-corrected chi connectivity index (χ1v) is 9.26. The maximum atomic E-state index is 12.0. The number of nitrogens with two attached hydrogens (primary N) is 1. The molecule has 0 fully saturated rings. The third-order valence-electron chi connectivity index (χ3n) is 3.22. The topological polar surface area (TPSA) is 93.2 Å². The molecule has 1 aromatic carbocycles. The minimum atomic E-state index is -4.33. The molecule has 2 atom stereocenters. The van der Waals surface area contributed by atoms with E-state index in [1.54, 1.807) is 24.3 Å². The molecule has 24 heavy (non-hydrogen) atoms. The number of carbonyl (C=O) groups excluding carboxylic acids is 1. The van der Waals surface area contributed by atoms with E-state index in [4.69, 9.17) is 15.3 Å². The molecule has 3 N–H and O–H groups in total. The highest BCUT2D eigenvalue weighted by Crippen LogP contribution is 2.21. The van der Waals surface area contributed by atoms with Gasteiger partial charge < -0.3 is 10.5 Å². The predicted molar refractivity (Wildman–Crippen MR) is 84.7 cm³/mol. The van der Waals surface area contributed by atoms with E-state index in [0.717, 1.165) is 5.56 Å². The Morgan fingerprint density at radius 3 is 2.46 bits per heavy atom. The molecular weight excluding hydrogens is 345 g/mol. The van der Waals surface area contributed by atoms with Gasteiger partial charge in [0.25, 0.3) is 0 Å². The Morgan fingerprint density at radius 2 is 1.88 bits per heavy atom. The number of ether oxygens (including phenoxy) is 1. The van der Waals surface area contributed by atoms with E-state index >= 15 is 0 Å². The van der Waals surface area contributed by atoms with Crippen molar-refractivity contribution < 1.29 is 26.9 Å². The predicted octanol–water partition coefficient (Wildman–Crippen LogP) is 2.84. The van der Waals surface area contributed by atoms with E-state index in [9.17, 15) is 22.2 Å². The van der Waals surface area contributed by atoms with Crippen LogP contribution in [0.15, 0.2) is 30.3 Å². The Morgan fingerprint density at radius 1 is 1.25 bits per heavy atom. The van der Waals surface area contributed by atoms with Crippen molar-refractivity contribution in [1.29, 1.82) is 4.78 Å². The highest BCUT2D eigenvalue weighted by Gasteiger charge is 2.27. The molecule has 0 radical (unpaired) electrons. The van der Waals surface area contributed by atoms with Crippen LogP contribution in [0.2, 0.25) is 0 Å². The van der Waals surface area contributed by atoms with Crippen molar-refractivity contribution in [2.24, 2.45) is 5.73 Å². The smallest absolute Gasteiger partial charge is 0.389 e. The van der Waals surface area contributed by atoms with E-state index < -0.39 is 34.3 Å². The Labute approximate surface area is 139 Å². The second kappa shape index (κ2) is 9.03. The summed E-state index contributed by atoms with van der Waals surface area (Å²) < 4.78 is 60.6. The van der Waals surface area contributed by atoms with Gasteiger partial charge in [-0.05, 0) is 18.4 Å². The van der Waals surface area contributed by atoms with Crippen molar-refractivity contribution in [2.45, 2.75) is 38.1 Å². The number of nitrogens with one attached hydrogen (secondary N) is 1. The van der Waals surface area contributed by atoms with Gasteiger partial charge in [0.1, 0.15) is 12.6 Å². The van der Waals surface area contributed by atoms with Crippen LogP contribution in [0.4, 0.5) is 13.2 Å². The van der Waals surface area contributed by atoms with E-state index in [1.165, 1.54) is 0 Å². The maximum absolute atomic E-state index is 12.0. The summed E-state index contributed by atoms with van der Waals surface area (Å²) in [7, 11) is -3.19. The SMILES string of the molecule is N=S(=O)(CCCC(F)(F)F)CC[C@H](N)C(=O)OCc1ccccc1. The molecule has 0 aliphatic heterocycles. The van der Waals surface area contributed by atoms with Crippen LogP contribution in [-0.4, -0.2) is 33.9 Å².